The number of hydrogen-bond acceptors (Lipinski definition) is 3. The van der Waals surface area contributed by atoms with E-state index in [0.717, 1.165) is 12.1 Å². The SMILES string of the molecule is CN1CCC(O)(Cc2ccc(OC(F)(F)F)cc2)C1. The number of likely N-dealkylation sites (N-methyl/N-ethyl adjacent to an activating group) is 1. The lowest BCUT2D eigenvalue weighted by Gasteiger charge is -2.22. The molecule has 1 N–H and O–H groups in total. The second-order valence-corrected chi connectivity index (χ2v) is 5.08. The first kappa shape index (κ1) is 14.1. The average Bonchev–Trinajstić information content (AvgIpc) is 2.59. The van der Waals surface area contributed by atoms with Gasteiger partial charge in [-0.1, -0.05) is 12.1 Å². The summed E-state index contributed by atoms with van der Waals surface area (Å²) in [5, 5.41) is 10.3. The van der Waals surface area contributed by atoms with Crippen LogP contribution in [0.15, 0.2) is 24.3 Å². The lowest BCUT2D eigenvalue weighted by molar-refractivity contribution is -0.274. The topological polar surface area (TPSA) is 32.7 Å². The van der Waals surface area contributed by atoms with Crippen molar-refractivity contribution in [3.8, 4) is 5.75 Å². The van der Waals surface area contributed by atoms with Gasteiger partial charge in [-0.05, 0) is 31.2 Å². The molecule has 19 heavy (non-hydrogen) atoms. The molecule has 1 aliphatic rings. The Morgan fingerprint density at radius 3 is 2.42 bits per heavy atom. The number of hydrogen-bond donors (Lipinski definition) is 1. The van der Waals surface area contributed by atoms with Gasteiger partial charge in [0.2, 0.25) is 0 Å². The molecule has 1 saturated heterocycles. The Hall–Kier alpha value is -1.27. The summed E-state index contributed by atoms with van der Waals surface area (Å²) in [6.07, 6.45) is -3.57. The average molecular weight is 275 g/mol. The van der Waals surface area contributed by atoms with E-state index in [1.54, 1.807) is 12.1 Å². The number of halogens is 3. The lowest BCUT2D eigenvalue weighted by atomic mass is 9.94. The molecule has 0 bridgehead atoms. The maximum atomic E-state index is 12.0. The smallest absolute Gasteiger partial charge is 0.406 e. The van der Waals surface area contributed by atoms with Crippen molar-refractivity contribution in [2.75, 3.05) is 20.1 Å². The predicted molar refractivity (Wildman–Crippen MR) is 63.9 cm³/mol. The van der Waals surface area contributed by atoms with Crippen LogP contribution in [-0.4, -0.2) is 42.1 Å². The molecule has 0 spiro atoms. The van der Waals surface area contributed by atoms with Crippen molar-refractivity contribution >= 4 is 0 Å². The summed E-state index contributed by atoms with van der Waals surface area (Å²) in [4.78, 5) is 2.03. The van der Waals surface area contributed by atoms with Crippen molar-refractivity contribution in [1.29, 1.82) is 0 Å². The van der Waals surface area contributed by atoms with Crippen LogP contribution >= 0.6 is 0 Å². The van der Waals surface area contributed by atoms with Crippen LogP contribution in [0.5, 0.6) is 5.75 Å². The largest absolute Gasteiger partial charge is 0.573 e. The van der Waals surface area contributed by atoms with Crippen LogP contribution in [0.3, 0.4) is 0 Å². The highest BCUT2D eigenvalue weighted by molar-refractivity contribution is 5.28. The van der Waals surface area contributed by atoms with E-state index in [-0.39, 0.29) is 5.75 Å². The Kier molecular flexibility index (Phi) is 3.73. The van der Waals surface area contributed by atoms with E-state index < -0.39 is 12.0 Å². The second kappa shape index (κ2) is 5.02. The minimum atomic E-state index is -4.67. The van der Waals surface area contributed by atoms with E-state index in [4.69, 9.17) is 0 Å². The highest BCUT2D eigenvalue weighted by Gasteiger charge is 2.34. The van der Waals surface area contributed by atoms with Crippen molar-refractivity contribution in [3.05, 3.63) is 29.8 Å². The first-order valence-corrected chi connectivity index (χ1v) is 6.01. The van der Waals surface area contributed by atoms with Crippen LogP contribution in [0.1, 0.15) is 12.0 Å². The molecule has 0 amide bonds. The van der Waals surface area contributed by atoms with Crippen molar-refractivity contribution in [2.24, 2.45) is 0 Å². The number of ether oxygens (including phenoxy) is 1. The molecule has 1 fully saturated rings. The Bertz CT molecular complexity index is 433. The minimum Gasteiger partial charge on any atom is -0.406 e. The molecule has 1 unspecified atom stereocenters. The second-order valence-electron chi connectivity index (χ2n) is 5.08. The molecule has 3 nitrogen and oxygen atoms in total. The number of alkyl halides is 3. The van der Waals surface area contributed by atoms with Crippen LogP contribution in [0.2, 0.25) is 0 Å². The summed E-state index contributed by atoms with van der Waals surface area (Å²) < 4.78 is 39.8. The van der Waals surface area contributed by atoms with Gasteiger partial charge in [-0.25, -0.2) is 0 Å². The fourth-order valence-corrected chi connectivity index (χ4v) is 2.39. The van der Waals surface area contributed by atoms with Gasteiger partial charge in [-0.3, -0.25) is 0 Å². The molecule has 1 aromatic carbocycles. The summed E-state index contributed by atoms with van der Waals surface area (Å²) in [5.41, 5.74) is 0.00792. The van der Waals surface area contributed by atoms with E-state index in [1.807, 2.05) is 11.9 Å². The lowest BCUT2D eigenvalue weighted by Crippen LogP contribution is -2.34. The summed E-state index contributed by atoms with van der Waals surface area (Å²) in [5.74, 6) is -0.244. The van der Waals surface area contributed by atoms with Gasteiger partial charge in [0.1, 0.15) is 5.75 Å². The van der Waals surface area contributed by atoms with E-state index >= 15 is 0 Å². The number of likely N-dealkylation sites (tertiary alicyclic amines) is 1. The number of β-amino-alcohol motifs (C(OH)–C–C–N with tert-alkyl or cyclic N) is 1. The van der Waals surface area contributed by atoms with E-state index in [0.29, 0.717) is 19.4 Å². The van der Waals surface area contributed by atoms with E-state index in [2.05, 4.69) is 4.74 Å². The normalized spacial score (nSPS) is 24.7. The summed E-state index contributed by atoms with van der Waals surface area (Å²) in [7, 11) is 1.93. The van der Waals surface area contributed by atoms with Crippen molar-refractivity contribution in [2.45, 2.75) is 24.8 Å². The van der Waals surface area contributed by atoms with Gasteiger partial charge in [0.25, 0.3) is 0 Å². The molecule has 2 rings (SSSR count). The fraction of sp³-hybridized carbons (Fsp3) is 0.538. The fourth-order valence-electron chi connectivity index (χ4n) is 2.39. The number of aliphatic hydroxyl groups is 1. The Labute approximate surface area is 109 Å². The zero-order chi connectivity index (χ0) is 14.1. The molecule has 0 aromatic heterocycles. The molecule has 106 valence electrons. The van der Waals surface area contributed by atoms with Crippen LogP contribution in [0.25, 0.3) is 0 Å². The third-order valence-corrected chi connectivity index (χ3v) is 3.21. The van der Waals surface area contributed by atoms with Crippen molar-refractivity contribution in [3.63, 3.8) is 0 Å². The molecule has 1 heterocycles. The standard InChI is InChI=1S/C13H16F3NO2/c1-17-7-6-12(18,9-17)8-10-2-4-11(5-3-10)19-13(14,15)16/h2-5,18H,6-9H2,1H3. The number of rotatable bonds is 3. The van der Waals surface area contributed by atoms with Crippen molar-refractivity contribution < 1.29 is 23.0 Å². The number of benzene rings is 1. The summed E-state index contributed by atoms with van der Waals surface area (Å²) in [6, 6.07) is 5.64. The Balaban J connectivity index is 1.99. The van der Waals surface area contributed by atoms with Gasteiger partial charge in [0.15, 0.2) is 0 Å². The van der Waals surface area contributed by atoms with Crippen LogP contribution in [0, 0.1) is 0 Å². The van der Waals surface area contributed by atoms with Gasteiger partial charge >= 0.3 is 6.36 Å². The van der Waals surface area contributed by atoms with Gasteiger partial charge in [-0.2, -0.15) is 0 Å². The maximum Gasteiger partial charge on any atom is 0.573 e. The molecule has 1 atom stereocenters. The summed E-state index contributed by atoms with van der Waals surface area (Å²) in [6.45, 7) is 1.40. The predicted octanol–water partition coefficient (Wildman–Crippen LogP) is 2.19. The van der Waals surface area contributed by atoms with Gasteiger partial charge in [-0.15, -0.1) is 13.2 Å². The zero-order valence-electron chi connectivity index (χ0n) is 10.6. The van der Waals surface area contributed by atoms with Crippen LogP contribution in [-0.2, 0) is 6.42 Å². The zero-order valence-corrected chi connectivity index (χ0v) is 10.6. The molecule has 1 aromatic rings. The molecule has 6 heteroatoms. The molecule has 0 aliphatic carbocycles. The highest BCUT2D eigenvalue weighted by Crippen LogP contribution is 2.27. The highest BCUT2D eigenvalue weighted by atomic mass is 19.4. The monoisotopic (exact) mass is 275 g/mol. The van der Waals surface area contributed by atoms with Gasteiger partial charge < -0.3 is 14.7 Å². The van der Waals surface area contributed by atoms with E-state index in [9.17, 15) is 18.3 Å². The third kappa shape index (κ3) is 4.11. The first-order valence-electron chi connectivity index (χ1n) is 6.01. The molecular formula is C13H16F3NO2. The Morgan fingerprint density at radius 2 is 1.95 bits per heavy atom. The van der Waals surface area contributed by atoms with E-state index in [1.165, 1.54) is 12.1 Å². The van der Waals surface area contributed by atoms with Crippen LogP contribution in [0.4, 0.5) is 13.2 Å². The number of nitrogens with zero attached hydrogens (tertiary/aromatic N) is 1. The molecule has 0 radical (unpaired) electrons. The van der Waals surface area contributed by atoms with Crippen molar-refractivity contribution in [1.82, 2.24) is 4.90 Å². The molecule has 1 aliphatic heterocycles. The first-order chi connectivity index (χ1) is 8.76. The molecular weight excluding hydrogens is 259 g/mol. The van der Waals surface area contributed by atoms with Gasteiger partial charge in [0, 0.05) is 19.5 Å². The maximum absolute atomic E-state index is 12.0. The quantitative estimate of drug-likeness (QED) is 0.918. The van der Waals surface area contributed by atoms with Gasteiger partial charge in [0.05, 0.1) is 5.60 Å². The Morgan fingerprint density at radius 1 is 1.32 bits per heavy atom. The van der Waals surface area contributed by atoms with Crippen LogP contribution < -0.4 is 4.74 Å². The minimum absolute atomic E-state index is 0.244. The third-order valence-electron chi connectivity index (χ3n) is 3.21. The molecule has 0 saturated carbocycles. The summed E-state index contributed by atoms with van der Waals surface area (Å²) >= 11 is 0.